The number of rotatable bonds is 6. The Morgan fingerprint density at radius 3 is 2.84 bits per heavy atom. The van der Waals surface area contributed by atoms with Crippen LogP contribution in [0.2, 0.25) is 5.02 Å². The number of halogens is 1. The lowest BCUT2D eigenvalue weighted by Gasteiger charge is -2.34. The Morgan fingerprint density at radius 1 is 1.27 bits per heavy atom. The van der Waals surface area contributed by atoms with Crippen LogP contribution >= 0.6 is 22.9 Å². The van der Waals surface area contributed by atoms with Gasteiger partial charge >= 0.3 is 0 Å². The molecule has 2 aliphatic rings. The van der Waals surface area contributed by atoms with Crippen LogP contribution in [0.4, 0.5) is 5.69 Å². The molecule has 0 saturated carbocycles. The maximum atomic E-state index is 13.4. The van der Waals surface area contributed by atoms with Crippen LogP contribution in [0.15, 0.2) is 40.6 Å². The summed E-state index contributed by atoms with van der Waals surface area (Å²) in [5.74, 6) is 0.444. The smallest absolute Gasteiger partial charge is 0.261 e. The van der Waals surface area contributed by atoms with Gasteiger partial charge in [0.2, 0.25) is 0 Å². The van der Waals surface area contributed by atoms with E-state index in [0.29, 0.717) is 45.2 Å². The zero-order valence-electron chi connectivity index (χ0n) is 20.8. The largest absolute Gasteiger partial charge is 0.381 e. The highest BCUT2D eigenvalue weighted by Gasteiger charge is 2.36. The maximum absolute atomic E-state index is 13.4. The van der Waals surface area contributed by atoms with Gasteiger partial charge in [0, 0.05) is 47.3 Å². The second-order valence-corrected chi connectivity index (χ2v) is 11.5. The number of fused-ring (bicyclic) bond motifs is 2. The van der Waals surface area contributed by atoms with Crippen LogP contribution in [0, 0.1) is 0 Å². The molecule has 5 heterocycles. The third-order valence-corrected chi connectivity index (χ3v) is 8.76. The van der Waals surface area contributed by atoms with Crippen LogP contribution in [0.3, 0.4) is 0 Å². The minimum atomic E-state index is -0.249. The van der Waals surface area contributed by atoms with Gasteiger partial charge < -0.3 is 25.1 Å². The molecule has 3 N–H and O–H groups in total. The van der Waals surface area contributed by atoms with Crippen molar-refractivity contribution in [3.8, 4) is 11.4 Å². The highest BCUT2D eigenvalue weighted by Crippen LogP contribution is 2.38. The van der Waals surface area contributed by atoms with E-state index in [9.17, 15) is 9.59 Å². The van der Waals surface area contributed by atoms with E-state index in [0.717, 1.165) is 37.9 Å². The molecular weight excluding hydrogens is 508 g/mol. The molecule has 0 spiro atoms. The summed E-state index contributed by atoms with van der Waals surface area (Å²) in [6.45, 7) is 4.56. The van der Waals surface area contributed by atoms with Crippen LogP contribution < -0.4 is 10.9 Å². The zero-order chi connectivity index (χ0) is 25.7. The Labute approximate surface area is 223 Å². The molecule has 1 amide bonds. The number of thiophene rings is 1. The van der Waals surface area contributed by atoms with E-state index in [4.69, 9.17) is 16.6 Å². The molecule has 37 heavy (non-hydrogen) atoms. The lowest BCUT2D eigenvalue weighted by molar-refractivity contribution is 0.0617. The normalized spacial score (nSPS) is 17.5. The number of carbonyl (C=O) groups excluding carboxylic acids is 1. The van der Waals surface area contributed by atoms with E-state index >= 15 is 0 Å². The minimum Gasteiger partial charge on any atom is -0.381 e. The van der Waals surface area contributed by atoms with Crippen LogP contribution in [-0.4, -0.2) is 62.9 Å². The van der Waals surface area contributed by atoms with Gasteiger partial charge in [-0.05, 0) is 63.5 Å². The molecule has 1 atom stereocenters. The van der Waals surface area contributed by atoms with Crippen molar-refractivity contribution in [1.82, 2.24) is 24.8 Å². The first-order valence-corrected chi connectivity index (χ1v) is 13.9. The number of benzene rings is 1. The fraction of sp³-hybridized carbons (Fsp3) is 0.370. The van der Waals surface area contributed by atoms with E-state index < -0.39 is 0 Å². The molecule has 0 radical (unpaired) electrons. The van der Waals surface area contributed by atoms with Gasteiger partial charge in [0.1, 0.15) is 16.9 Å². The summed E-state index contributed by atoms with van der Waals surface area (Å²) in [5.41, 5.74) is 3.54. The number of carbonyl (C=O) groups is 1. The van der Waals surface area contributed by atoms with E-state index in [1.54, 1.807) is 17.5 Å². The highest BCUT2D eigenvalue weighted by atomic mass is 35.5. The summed E-state index contributed by atoms with van der Waals surface area (Å²) in [4.78, 5) is 42.6. The Morgan fingerprint density at radius 2 is 2.08 bits per heavy atom. The number of pyridine rings is 1. The average Bonchev–Trinajstić information content (AvgIpc) is 3.60. The molecule has 10 heteroatoms. The van der Waals surface area contributed by atoms with Crippen LogP contribution in [-0.2, 0) is 13.0 Å². The molecule has 0 aliphatic carbocycles. The van der Waals surface area contributed by atoms with Crippen molar-refractivity contribution in [3.05, 3.63) is 67.2 Å². The molecule has 1 fully saturated rings. The summed E-state index contributed by atoms with van der Waals surface area (Å²) >= 11 is 8.57. The summed E-state index contributed by atoms with van der Waals surface area (Å²) in [6, 6.07) is 8.17. The number of aromatic nitrogens is 3. The third-order valence-electron chi connectivity index (χ3n) is 7.45. The standard InChI is InChI=1S/C27H29ClN6O2S/c1-15(12-17-4-3-11-37-17)30-20-5-8-29-26(35)22(20)25-31-21-13-18-19(23(28)24(21)32-25)14-34(27(18)36)16-6-9-33(2)10-7-16/h3-5,8,11,13,15-16H,6-7,9-10,12,14H2,1-2H3,(H,31,32)(H2,29,30,35). The first-order chi connectivity index (χ1) is 17.9. The summed E-state index contributed by atoms with van der Waals surface area (Å²) in [6.07, 6.45) is 4.40. The van der Waals surface area contributed by atoms with Gasteiger partial charge in [0.25, 0.3) is 11.5 Å². The predicted molar refractivity (Wildman–Crippen MR) is 149 cm³/mol. The molecule has 192 valence electrons. The predicted octanol–water partition coefficient (Wildman–Crippen LogP) is 4.73. The third kappa shape index (κ3) is 4.45. The summed E-state index contributed by atoms with van der Waals surface area (Å²) < 4.78 is 0. The van der Waals surface area contributed by atoms with E-state index in [1.165, 1.54) is 4.88 Å². The van der Waals surface area contributed by atoms with Crippen LogP contribution in [0.5, 0.6) is 0 Å². The molecule has 6 rings (SSSR count). The Hall–Kier alpha value is -3.14. The molecule has 2 aliphatic heterocycles. The topological polar surface area (TPSA) is 97.1 Å². The van der Waals surface area contributed by atoms with Gasteiger partial charge in [-0.2, -0.15) is 0 Å². The fourth-order valence-electron chi connectivity index (χ4n) is 5.49. The van der Waals surface area contributed by atoms with E-state index in [1.807, 2.05) is 23.1 Å². The van der Waals surface area contributed by atoms with Gasteiger partial charge in [-0.15, -0.1) is 11.3 Å². The average molecular weight is 537 g/mol. The first kappa shape index (κ1) is 24.2. The van der Waals surface area contributed by atoms with Crippen molar-refractivity contribution in [2.45, 2.75) is 44.8 Å². The number of imidazole rings is 1. The number of nitrogens with one attached hydrogen (secondary N) is 3. The molecule has 1 unspecified atom stereocenters. The van der Waals surface area contributed by atoms with Crippen molar-refractivity contribution in [2.24, 2.45) is 0 Å². The molecule has 1 saturated heterocycles. The van der Waals surface area contributed by atoms with Crippen LogP contribution in [0.25, 0.3) is 22.4 Å². The fourth-order valence-corrected chi connectivity index (χ4v) is 6.64. The Kier molecular flexibility index (Phi) is 6.30. The Bertz CT molecular complexity index is 1520. The monoisotopic (exact) mass is 536 g/mol. The first-order valence-electron chi connectivity index (χ1n) is 12.6. The number of amides is 1. The quantitative estimate of drug-likeness (QED) is 0.331. The number of hydrogen-bond donors (Lipinski definition) is 3. The molecule has 4 aromatic rings. The molecule has 1 aromatic carbocycles. The highest BCUT2D eigenvalue weighted by molar-refractivity contribution is 7.09. The van der Waals surface area contributed by atoms with Gasteiger partial charge in [-0.25, -0.2) is 4.98 Å². The zero-order valence-corrected chi connectivity index (χ0v) is 22.4. The number of aromatic amines is 2. The van der Waals surface area contributed by atoms with Crippen molar-refractivity contribution in [3.63, 3.8) is 0 Å². The van der Waals surface area contributed by atoms with Gasteiger partial charge in [-0.3, -0.25) is 9.59 Å². The minimum absolute atomic E-state index is 0.0202. The second-order valence-electron chi connectivity index (χ2n) is 10.1. The summed E-state index contributed by atoms with van der Waals surface area (Å²) in [5, 5.41) is 6.02. The number of piperidine rings is 1. The van der Waals surface area contributed by atoms with Crippen LogP contribution in [0.1, 0.15) is 40.6 Å². The number of hydrogen-bond acceptors (Lipinski definition) is 6. The van der Waals surface area contributed by atoms with Crippen molar-refractivity contribution >= 4 is 45.6 Å². The summed E-state index contributed by atoms with van der Waals surface area (Å²) in [7, 11) is 2.11. The van der Waals surface area contributed by atoms with Crippen molar-refractivity contribution in [2.75, 3.05) is 25.5 Å². The van der Waals surface area contributed by atoms with E-state index in [-0.39, 0.29) is 23.6 Å². The lowest BCUT2D eigenvalue weighted by Crippen LogP contribution is -2.43. The van der Waals surface area contributed by atoms with Gasteiger partial charge in [0.05, 0.1) is 16.2 Å². The number of H-pyrrole nitrogens is 2. The SMILES string of the molecule is CC(Cc1cccs1)Nc1cc[nH]c(=O)c1-c1nc2c(Cl)c3c(cc2[nH]1)C(=O)N(C1CCN(C)CC1)C3. The number of anilines is 1. The Balaban J connectivity index is 1.32. The van der Waals surface area contributed by atoms with Crippen molar-refractivity contribution < 1.29 is 4.79 Å². The lowest BCUT2D eigenvalue weighted by atomic mass is 10.0. The maximum Gasteiger partial charge on any atom is 0.261 e. The second kappa shape index (κ2) is 9.63. The number of nitrogens with zero attached hydrogens (tertiary/aromatic N) is 3. The molecule has 3 aromatic heterocycles. The van der Waals surface area contributed by atoms with Crippen molar-refractivity contribution in [1.29, 1.82) is 0 Å². The molecule has 8 nitrogen and oxygen atoms in total. The molecule has 0 bridgehead atoms. The molecular formula is C27H29ClN6O2S. The van der Waals surface area contributed by atoms with Gasteiger partial charge in [0.15, 0.2) is 0 Å². The van der Waals surface area contributed by atoms with Gasteiger partial charge in [-0.1, -0.05) is 17.7 Å². The van der Waals surface area contributed by atoms with E-state index in [2.05, 4.69) is 45.6 Å². The number of likely N-dealkylation sites (tertiary alicyclic amines) is 1.